The minimum atomic E-state index is -2.95. The van der Waals surface area contributed by atoms with Crippen LogP contribution in [0.25, 0.3) is 16.6 Å². The molecule has 1 aromatic carbocycles. The molecule has 4 rings (SSSR count). The molecule has 1 saturated heterocycles. The first kappa shape index (κ1) is 14.7. The Balaban J connectivity index is 1.89. The fraction of sp³-hybridized carbons (Fsp3) is 0.333. The van der Waals surface area contributed by atoms with Gasteiger partial charge in [-0.05, 0) is 25.5 Å². The van der Waals surface area contributed by atoms with Crippen molar-refractivity contribution in [1.82, 2.24) is 14.6 Å². The highest BCUT2D eigenvalue weighted by Gasteiger charge is 2.28. The predicted molar refractivity (Wildman–Crippen MR) is 90.9 cm³/mol. The zero-order valence-corrected chi connectivity index (χ0v) is 14.0. The van der Waals surface area contributed by atoms with E-state index in [0.717, 1.165) is 10.9 Å². The van der Waals surface area contributed by atoms with Crippen LogP contribution in [0.5, 0.6) is 0 Å². The lowest BCUT2D eigenvalue weighted by atomic mass is 10.2. The van der Waals surface area contributed by atoms with Gasteiger partial charge in [0.15, 0.2) is 15.5 Å². The van der Waals surface area contributed by atoms with Crippen LogP contribution < -0.4 is 5.32 Å². The van der Waals surface area contributed by atoms with Crippen LogP contribution in [0.1, 0.15) is 12.1 Å². The molecule has 1 aliphatic rings. The van der Waals surface area contributed by atoms with Crippen LogP contribution in [-0.4, -0.2) is 40.6 Å². The van der Waals surface area contributed by atoms with Crippen molar-refractivity contribution in [3.63, 3.8) is 0 Å². The Morgan fingerprint density at radius 3 is 2.87 bits per heavy atom. The van der Waals surface area contributed by atoms with Gasteiger partial charge in [-0.25, -0.2) is 17.9 Å². The van der Waals surface area contributed by atoms with Gasteiger partial charge in [-0.15, -0.1) is 0 Å². The Morgan fingerprint density at radius 2 is 2.13 bits per heavy atom. The predicted octanol–water partition coefficient (Wildman–Crippen LogP) is 2.44. The normalized spacial score (nSPS) is 20.3. The van der Waals surface area contributed by atoms with Gasteiger partial charge in [-0.3, -0.25) is 0 Å². The lowest BCUT2D eigenvalue weighted by Crippen LogP contribution is -2.21. The number of hydrogen-bond donors (Lipinski definition) is 1. The summed E-state index contributed by atoms with van der Waals surface area (Å²) in [6.07, 6.45) is 0.593. The maximum Gasteiger partial charge on any atom is 0.176 e. The molecular weight excluding hydrogens is 336 g/mol. The molecule has 0 radical (unpaired) electrons. The Bertz CT molecular complexity index is 1030. The number of sulfone groups is 1. The standard InChI is InChI=1S/C15H15ClN4O2S/c1-9-13(16)15-18-14(17-10-6-7-23(21,22)8-10)11-4-2-3-5-12(11)20(15)19-9/h2-5,10H,6-8H2,1H3,(H,17,18)/t10-/m1/s1. The van der Waals surface area contributed by atoms with Crippen molar-refractivity contribution in [2.75, 3.05) is 16.8 Å². The van der Waals surface area contributed by atoms with E-state index in [1.165, 1.54) is 0 Å². The van der Waals surface area contributed by atoms with Crippen LogP contribution in [0.2, 0.25) is 5.02 Å². The SMILES string of the molecule is Cc1nn2c(nc(N[C@@H]3CCS(=O)(=O)C3)c3ccccc32)c1Cl. The minimum absolute atomic E-state index is 0.124. The summed E-state index contributed by atoms with van der Waals surface area (Å²) in [6, 6.07) is 7.61. The topological polar surface area (TPSA) is 76.4 Å². The molecule has 0 amide bonds. The fourth-order valence-corrected chi connectivity index (χ4v) is 4.83. The van der Waals surface area contributed by atoms with Crippen molar-refractivity contribution in [2.45, 2.75) is 19.4 Å². The molecular formula is C15H15ClN4O2S. The lowest BCUT2D eigenvalue weighted by Gasteiger charge is -2.14. The van der Waals surface area contributed by atoms with E-state index in [1.807, 2.05) is 31.2 Å². The summed E-state index contributed by atoms with van der Waals surface area (Å²) >= 11 is 6.31. The number of fused-ring (bicyclic) bond motifs is 3. The molecule has 0 aliphatic carbocycles. The third kappa shape index (κ3) is 2.44. The molecule has 0 spiro atoms. The highest BCUT2D eigenvalue weighted by atomic mass is 35.5. The maximum atomic E-state index is 11.7. The number of benzene rings is 1. The number of rotatable bonds is 2. The number of aryl methyl sites for hydroxylation is 1. The number of halogens is 1. The van der Waals surface area contributed by atoms with Gasteiger partial charge in [-0.1, -0.05) is 23.7 Å². The first-order valence-electron chi connectivity index (χ1n) is 7.35. The maximum absolute atomic E-state index is 11.7. The first-order valence-corrected chi connectivity index (χ1v) is 9.55. The second kappa shape index (κ2) is 5.07. The average Bonchev–Trinajstić information content (AvgIpc) is 3.00. The van der Waals surface area contributed by atoms with Crippen molar-refractivity contribution in [3.05, 3.63) is 35.0 Å². The Kier molecular flexibility index (Phi) is 3.24. The molecule has 2 aromatic heterocycles. The molecule has 0 bridgehead atoms. The summed E-state index contributed by atoms with van der Waals surface area (Å²) in [5.41, 5.74) is 2.17. The molecule has 6 nitrogen and oxygen atoms in total. The molecule has 0 unspecified atom stereocenters. The van der Waals surface area contributed by atoms with E-state index in [9.17, 15) is 8.42 Å². The van der Waals surface area contributed by atoms with Crippen molar-refractivity contribution >= 4 is 43.8 Å². The molecule has 1 atom stereocenters. The summed E-state index contributed by atoms with van der Waals surface area (Å²) < 4.78 is 25.1. The second-order valence-corrected chi connectivity index (χ2v) is 8.46. The summed E-state index contributed by atoms with van der Waals surface area (Å²) in [5, 5.41) is 9.12. The van der Waals surface area contributed by atoms with Crippen LogP contribution in [-0.2, 0) is 9.84 Å². The molecule has 1 fully saturated rings. The zero-order valence-electron chi connectivity index (χ0n) is 12.5. The number of aromatic nitrogens is 3. The molecule has 23 heavy (non-hydrogen) atoms. The van der Waals surface area contributed by atoms with E-state index in [-0.39, 0.29) is 17.5 Å². The van der Waals surface area contributed by atoms with Crippen LogP contribution >= 0.6 is 11.6 Å². The van der Waals surface area contributed by atoms with E-state index in [2.05, 4.69) is 15.4 Å². The van der Waals surface area contributed by atoms with Crippen LogP contribution in [0.15, 0.2) is 24.3 Å². The molecule has 3 heterocycles. The minimum Gasteiger partial charge on any atom is -0.366 e. The average molecular weight is 351 g/mol. The Hall–Kier alpha value is -1.86. The van der Waals surface area contributed by atoms with Gasteiger partial charge >= 0.3 is 0 Å². The number of nitrogens with zero attached hydrogens (tertiary/aromatic N) is 3. The van der Waals surface area contributed by atoms with Gasteiger partial charge in [0.1, 0.15) is 10.8 Å². The molecule has 8 heteroatoms. The summed E-state index contributed by atoms with van der Waals surface area (Å²) in [4.78, 5) is 4.60. The third-order valence-electron chi connectivity index (χ3n) is 4.14. The summed E-state index contributed by atoms with van der Waals surface area (Å²) in [6.45, 7) is 1.84. The van der Waals surface area contributed by atoms with E-state index in [1.54, 1.807) is 4.52 Å². The van der Waals surface area contributed by atoms with Gasteiger partial charge in [-0.2, -0.15) is 5.10 Å². The van der Waals surface area contributed by atoms with Crippen molar-refractivity contribution < 1.29 is 8.42 Å². The number of para-hydroxylation sites is 1. The third-order valence-corrected chi connectivity index (χ3v) is 6.35. The van der Waals surface area contributed by atoms with Gasteiger partial charge in [0.05, 0.1) is 22.7 Å². The highest BCUT2D eigenvalue weighted by molar-refractivity contribution is 7.91. The Labute approximate surface area is 138 Å². The van der Waals surface area contributed by atoms with Gasteiger partial charge < -0.3 is 5.32 Å². The quantitative estimate of drug-likeness (QED) is 0.768. The monoisotopic (exact) mass is 350 g/mol. The molecule has 0 saturated carbocycles. The first-order chi connectivity index (χ1) is 10.9. The fourth-order valence-electron chi connectivity index (χ4n) is 3.00. The lowest BCUT2D eigenvalue weighted by molar-refractivity contribution is 0.602. The number of anilines is 1. The van der Waals surface area contributed by atoms with Crippen molar-refractivity contribution in [1.29, 1.82) is 0 Å². The van der Waals surface area contributed by atoms with Crippen LogP contribution in [0.3, 0.4) is 0 Å². The van der Waals surface area contributed by atoms with Crippen LogP contribution in [0, 0.1) is 6.92 Å². The van der Waals surface area contributed by atoms with E-state index in [0.29, 0.717) is 28.6 Å². The van der Waals surface area contributed by atoms with Crippen LogP contribution in [0.4, 0.5) is 5.82 Å². The zero-order chi connectivity index (χ0) is 16.2. The molecule has 1 aliphatic heterocycles. The summed E-state index contributed by atoms with van der Waals surface area (Å²) in [7, 11) is -2.95. The van der Waals surface area contributed by atoms with Crippen molar-refractivity contribution in [3.8, 4) is 0 Å². The van der Waals surface area contributed by atoms with E-state index < -0.39 is 9.84 Å². The number of hydrogen-bond acceptors (Lipinski definition) is 5. The second-order valence-electron chi connectivity index (χ2n) is 5.86. The Morgan fingerprint density at radius 1 is 1.35 bits per heavy atom. The number of nitrogens with one attached hydrogen (secondary N) is 1. The van der Waals surface area contributed by atoms with E-state index in [4.69, 9.17) is 11.6 Å². The smallest absolute Gasteiger partial charge is 0.176 e. The van der Waals surface area contributed by atoms with Gasteiger partial charge in [0.25, 0.3) is 0 Å². The molecule has 1 N–H and O–H groups in total. The molecule has 3 aromatic rings. The van der Waals surface area contributed by atoms with Crippen molar-refractivity contribution in [2.24, 2.45) is 0 Å². The largest absolute Gasteiger partial charge is 0.366 e. The van der Waals surface area contributed by atoms with Gasteiger partial charge in [0, 0.05) is 11.4 Å². The molecule has 120 valence electrons. The van der Waals surface area contributed by atoms with Gasteiger partial charge in [0.2, 0.25) is 0 Å². The highest BCUT2D eigenvalue weighted by Crippen LogP contribution is 2.29. The summed E-state index contributed by atoms with van der Waals surface area (Å²) in [5.74, 6) is 1.01. The van der Waals surface area contributed by atoms with E-state index >= 15 is 0 Å².